The maximum absolute atomic E-state index is 12.5. The summed E-state index contributed by atoms with van der Waals surface area (Å²) in [5.41, 5.74) is 3.63. The van der Waals surface area contributed by atoms with Crippen molar-refractivity contribution in [2.75, 3.05) is 0 Å². The highest BCUT2D eigenvalue weighted by Gasteiger charge is 2.14. The van der Waals surface area contributed by atoms with Crippen LogP contribution in [-0.2, 0) is 6.54 Å². The average Bonchev–Trinajstić information content (AvgIpc) is 3.08. The van der Waals surface area contributed by atoms with Crippen LogP contribution in [0.3, 0.4) is 0 Å². The van der Waals surface area contributed by atoms with Gasteiger partial charge in [0.15, 0.2) is 0 Å². The summed E-state index contributed by atoms with van der Waals surface area (Å²) in [7, 11) is 0. The zero-order valence-electron chi connectivity index (χ0n) is 13.8. The first-order valence-corrected chi connectivity index (χ1v) is 7.92. The number of hydrogen-bond donors (Lipinski definition) is 1. The van der Waals surface area contributed by atoms with Gasteiger partial charge in [0.2, 0.25) is 0 Å². The fourth-order valence-electron chi connectivity index (χ4n) is 2.69. The van der Waals surface area contributed by atoms with Crippen molar-refractivity contribution >= 4 is 5.91 Å². The lowest BCUT2D eigenvalue weighted by atomic mass is 10.1. The Morgan fingerprint density at radius 1 is 1.21 bits per heavy atom. The Morgan fingerprint density at radius 3 is 2.83 bits per heavy atom. The largest absolute Gasteiger partial charge is 0.344 e. The molecule has 1 atom stereocenters. The molecule has 0 spiro atoms. The fourth-order valence-corrected chi connectivity index (χ4v) is 2.69. The number of hydrogen-bond acceptors (Lipinski definition) is 3. The standard InChI is InChI=1S/C19H20N4O/c1-14-6-4-9-20-18(14)15(2)22-19(24)17-8-3-7-16(12-17)13-23-11-5-10-21-23/h3-12,15H,13H2,1-2H3,(H,22,24). The molecule has 3 rings (SSSR count). The smallest absolute Gasteiger partial charge is 0.251 e. The van der Waals surface area contributed by atoms with Gasteiger partial charge in [-0.3, -0.25) is 14.5 Å². The van der Waals surface area contributed by atoms with Crippen LogP contribution in [0.25, 0.3) is 0 Å². The van der Waals surface area contributed by atoms with Crippen LogP contribution in [-0.4, -0.2) is 20.7 Å². The Bertz CT molecular complexity index is 827. The lowest BCUT2D eigenvalue weighted by Crippen LogP contribution is -2.27. The number of aromatic nitrogens is 3. The van der Waals surface area contributed by atoms with Crippen LogP contribution in [0.4, 0.5) is 0 Å². The van der Waals surface area contributed by atoms with Crippen LogP contribution >= 0.6 is 0 Å². The first-order valence-electron chi connectivity index (χ1n) is 7.92. The normalized spacial score (nSPS) is 11.9. The lowest BCUT2D eigenvalue weighted by Gasteiger charge is -2.15. The number of nitrogens with zero attached hydrogens (tertiary/aromatic N) is 3. The monoisotopic (exact) mass is 320 g/mol. The van der Waals surface area contributed by atoms with Crippen molar-refractivity contribution in [3.63, 3.8) is 0 Å². The van der Waals surface area contributed by atoms with Crippen LogP contribution in [0.1, 0.15) is 40.1 Å². The van der Waals surface area contributed by atoms with Crippen molar-refractivity contribution in [3.8, 4) is 0 Å². The van der Waals surface area contributed by atoms with Gasteiger partial charge in [0.25, 0.3) is 5.91 Å². The highest BCUT2D eigenvalue weighted by atomic mass is 16.1. The van der Waals surface area contributed by atoms with E-state index in [4.69, 9.17) is 0 Å². The van der Waals surface area contributed by atoms with Gasteiger partial charge < -0.3 is 5.32 Å². The average molecular weight is 320 g/mol. The molecule has 1 N–H and O–H groups in total. The predicted octanol–water partition coefficient (Wildman–Crippen LogP) is 3.13. The molecule has 0 bridgehead atoms. The maximum Gasteiger partial charge on any atom is 0.251 e. The Hall–Kier alpha value is -2.95. The van der Waals surface area contributed by atoms with Gasteiger partial charge in [-0.2, -0.15) is 5.10 Å². The maximum atomic E-state index is 12.5. The molecule has 5 nitrogen and oxygen atoms in total. The molecule has 0 aliphatic carbocycles. The molecule has 3 aromatic rings. The molecule has 5 heteroatoms. The number of rotatable bonds is 5. The topological polar surface area (TPSA) is 59.8 Å². The summed E-state index contributed by atoms with van der Waals surface area (Å²) in [6.07, 6.45) is 5.39. The van der Waals surface area contributed by atoms with Crippen molar-refractivity contribution in [2.24, 2.45) is 0 Å². The number of carbonyl (C=O) groups excluding carboxylic acids is 1. The Balaban J connectivity index is 1.72. The summed E-state index contributed by atoms with van der Waals surface area (Å²) < 4.78 is 1.83. The molecule has 1 unspecified atom stereocenters. The van der Waals surface area contributed by atoms with Crippen molar-refractivity contribution < 1.29 is 4.79 Å². The van der Waals surface area contributed by atoms with E-state index >= 15 is 0 Å². The SMILES string of the molecule is Cc1cccnc1C(C)NC(=O)c1cccc(Cn2cccn2)c1. The van der Waals surface area contributed by atoms with E-state index in [9.17, 15) is 4.79 Å². The highest BCUT2D eigenvalue weighted by Crippen LogP contribution is 2.15. The van der Waals surface area contributed by atoms with Gasteiger partial charge in [-0.15, -0.1) is 0 Å². The molecule has 0 aliphatic heterocycles. The van der Waals surface area contributed by atoms with E-state index in [2.05, 4.69) is 15.4 Å². The van der Waals surface area contributed by atoms with Crippen LogP contribution in [0.2, 0.25) is 0 Å². The van der Waals surface area contributed by atoms with E-state index in [-0.39, 0.29) is 11.9 Å². The van der Waals surface area contributed by atoms with E-state index in [0.29, 0.717) is 12.1 Å². The molecule has 0 saturated heterocycles. The van der Waals surface area contributed by atoms with Crippen LogP contribution < -0.4 is 5.32 Å². The quantitative estimate of drug-likeness (QED) is 0.786. The zero-order chi connectivity index (χ0) is 16.9. The van der Waals surface area contributed by atoms with E-state index in [1.54, 1.807) is 12.4 Å². The molecule has 2 aromatic heterocycles. The minimum absolute atomic E-state index is 0.102. The molecule has 24 heavy (non-hydrogen) atoms. The third-order valence-electron chi connectivity index (χ3n) is 3.90. The minimum atomic E-state index is -0.145. The van der Waals surface area contributed by atoms with Gasteiger partial charge in [-0.25, -0.2) is 0 Å². The molecule has 0 fully saturated rings. The summed E-state index contributed by atoms with van der Waals surface area (Å²) in [5.74, 6) is -0.102. The molecule has 0 aliphatic rings. The summed E-state index contributed by atoms with van der Waals surface area (Å²) in [4.78, 5) is 16.9. The van der Waals surface area contributed by atoms with Gasteiger partial charge >= 0.3 is 0 Å². The predicted molar refractivity (Wildman–Crippen MR) is 92.6 cm³/mol. The van der Waals surface area contributed by atoms with Gasteiger partial charge in [0, 0.05) is 24.2 Å². The molecule has 122 valence electrons. The van der Waals surface area contributed by atoms with Crippen molar-refractivity contribution in [3.05, 3.63) is 83.4 Å². The molecular weight excluding hydrogens is 300 g/mol. The van der Waals surface area contributed by atoms with Crippen molar-refractivity contribution in [1.29, 1.82) is 0 Å². The second-order valence-corrected chi connectivity index (χ2v) is 5.80. The molecule has 1 amide bonds. The van der Waals surface area contributed by atoms with Gasteiger partial charge in [-0.05, 0) is 49.2 Å². The van der Waals surface area contributed by atoms with Gasteiger partial charge in [0.1, 0.15) is 0 Å². The number of nitrogens with one attached hydrogen (secondary N) is 1. The van der Waals surface area contributed by atoms with Crippen LogP contribution in [0, 0.1) is 6.92 Å². The second kappa shape index (κ2) is 7.08. The zero-order valence-corrected chi connectivity index (χ0v) is 13.8. The summed E-state index contributed by atoms with van der Waals surface area (Å²) in [6, 6.07) is 13.2. The van der Waals surface area contributed by atoms with E-state index in [1.165, 1.54) is 0 Å². The van der Waals surface area contributed by atoms with Crippen LogP contribution in [0.15, 0.2) is 61.1 Å². The third kappa shape index (κ3) is 3.68. The van der Waals surface area contributed by atoms with Crippen LogP contribution in [0.5, 0.6) is 0 Å². The van der Waals surface area contributed by atoms with Gasteiger partial charge in [0.05, 0.1) is 18.3 Å². The third-order valence-corrected chi connectivity index (χ3v) is 3.90. The highest BCUT2D eigenvalue weighted by molar-refractivity contribution is 5.94. The lowest BCUT2D eigenvalue weighted by molar-refractivity contribution is 0.0939. The minimum Gasteiger partial charge on any atom is -0.344 e. The summed E-state index contributed by atoms with van der Waals surface area (Å²) >= 11 is 0. The number of pyridine rings is 1. The Labute approximate surface area is 141 Å². The van der Waals surface area contributed by atoms with E-state index in [1.807, 2.05) is 67.2 Å². The summed E-state index contributed by atoms with van der Waals surface area (Å²) in [5, 5.41) is 7.21. The molecule has 0 radical (unpaired) electrons. The first kappa shape index (κ1) is 15.9. The number of amides is 1. The first-order chi connectivity index (χ1) is 11.6. The van der Waals surface area contributed by atoms with E-state index < -0.39 is 0 Å². The number of carbonyl (C=O) groups is 1. The molecule has 2 heterocycles. The number of benzene rings is 1. The molecular formula is C19H20N4O. The van der Waals surface area contributed by atoms with E-state index in [0.717, 1.165) is 16.8 Å². The Morgan fingerprint density at radius 2 is 2.08 bits per heavy atom. The Kier molecular flexibility index (Phi) is 4.70. The molecule has 1 aromatic carbocycles. The molecule has 0 saturated carbocycles. The number of aryl methyl sites for hydroxylation is 1. The summed E-state index contributed by atoms with van der Waals surface area (Å²) in [6.45, 7) is 4.58. The fraction of sp³-hybridized carbons (Fsp3) is 0.211. The van der Waals surface area contributed by atoms with Gasteiger partial charge in [-0.1, -0.05) is 18.2 Å². The van der Waals surface area contributed by atoms with Crippen molar-refractivity contribution in [1.82, 2.24) is 20.1 Å². The second-order valence-electron chi connectivity index (χ2n) is 5.80. The van der Waals surface area contributed by atoms with Crippen molar-refractivity contribution in [2.45, 2.75) is 26.4 Å².